The van der Waals surface area contributed by atoms with E-state index in [1.54, 1.807) is 30.3 Å². The Balaban J connectivity index is 1.63. The maximum Gasteiger partial charge on any atom is 0.257 e. The molecule has 1 aliphatic carbocycles. The number of benzene rings is 2. The molecule has 0 unspecified atom stereocenters. The Labute approximate surface area is 183 Å². The van der Waals surface area contributed by atoms with Crippen molar-refractivity contribution in [3.8, 4) is 0 Å². The molecule has 1 fully saturated rings. The van der Waals surface area contributed by atoms with Crippen LogP contribution in [0.1, 0.15) is 67.8 Å². The molecule has 1 saturated carbocycles. The number of carbonyl (C=O) groups is 3. The van der Waals surface area contributed by atoms with Gasteiger partial charge in [0.2, 0.25) is 11.8 Å². The second kappa shape index (κ2) is 10.8. The van der Waals surface area contributed by atoms with E-state index in [1.807, 2.05) is 19.1 Å². The Bertz CT molecular complexity index is 949. The molecular weight excluding hydrogens is 390 g/mol. The van der Waals surface area contributed by atoms with Gasteiger partial charge in [-0.05, 0) is 49.1 Å². The molecule has 164 valence electrons. The largest absolute Gasteiger partial charge is 0.326 e. The predicted octanol–water partition coefficient (Wildman–Crippen LogP) is 5.50. The van der Waals surface area contributed by atoms with Crippen LogP contribution in [0.5, 0.6) is 0 Å². The van der Waals surface area contributed by atoms with E-state index in [0.717, 1.165) is 12.0 Å². The molecule has 2 aromatic rings. The van der Waals surface area contributed by atoms with Crippen LogP contribution >= 0.6 is 0 Å². The van der Waals surface area contributed by atoms with Crippen molar-refractivity contribution >= 4 is 34.8 Å². The van der Waals surface area contributed by atoms with E-state index in [4.69, 9.17) is 0 Å². The summed E-state index contributed by atoms with van der Waals surface area (Å²) in [5.74, 6) is 0.0985. The average molecular weight is 422 g/mol. The van der Waals surface area contributed by atoms with E-state index in [2.05, 4.69) is 16.0 Å². The Morgan fingerprint density at radius 1 is 0.903 bits per heavy atom. The first-order valence-electron chi connectivity index (χ1n) is 11.0. The van der Waals surface area contributed by atoms with Gasteiger partial charge in [-0.25, -0.2) is 0 Å². The molecule has 1 aliphatic rings. The van der Waals surface area contributed by atoms with Crippen LogP contribution in [0.4, 0.5) is 17.1 Å². The Morgan fingerprint density at radius 3 is 2.39 bits per heavy atom. The predicted molar refractivity (Wildman–Crippen MR) is 124 cm³/mol. The SMILES string of the molecule is CC(=O)Nc1ccccc1C(=O)Nc1cc(NC(=O)CCC2CCCCC2)ccc1C. The first-order valence-corrected chi connectivity index (χ1v) is 11.0. The minimum atomic E-state index is -0.326. The van der Waals surface area contributed by atoms with Crippen LogP contribution in [0.15, 0.2) is 42.5 Å². The number of anilines is 3. The van der Waals surface area contributed by atoms with Crippen LogP contribution in [0.2, 0.25) is 0 Å². The third-order valence-electron chi connectivity index (χ3n) is 5.76. The van der Waals surface area contributed by atoms with Crippen molar-refractivity contribution in [2.45, 2.75) is 58.8 Å². The first-order chi connectivity index (χ1) is 14.9. The van der Waals surface area contributed by atoms with Crippen molar-refractivity contribution in [1.29, 1.82) is 0 Å². The van der Waals surface area contributed by atoms with Crippen molar-refractivity contribution < 1.29 is 14.4 Å². The lowest BCUT2D eigenvalue weighted by molar-refractivity contribution is -0.116. The molecule has 6 heteroatoms. The van der Waals surface area contributed by atoms with E-state index in [0.29, 0.717) is 35.0 Å². The van der Waals surface area contributed by atoms with Gasteiger partial charge in [-0.1, -0.05) is 50.3 Å². The Morgan fingerprint density at radius 2 is 1.65 bits per heavy atom. The fourth-order valence-corrected chi connectivity index (χ4v) is 4.04. The van der Waals surface area contributed by atoms with E-state index in [-0.39, 0.29) is 17.7 Å². The number of hydrogen-bond acceptors (Lipinski definition) is 3. The number of para-hydroxylation sites is 1. The summed E-state index contributed by atoms with van der Waals surface area (Å²) in [6.45, 7) is 3.29. The fraction of sp³-hybridized carbons (Fsp3) is 0.400. The third kappa shape index (κ3) is 6.67. The highest BCUT2D eigenvalue weighted by Gasteiger charge is 2.16. The molecule has 0 radical (unpaired) electrons. The zero-order valence-electron chi connectivity index (χ0n) is 18.3. The molecule has 0 spiro atoms. The number of carbonyl (C=O) groups excluding carboxylic acids is 3. The Hall–Kier alpha value is -3.15. The van der Waals surface area contributed by atoms with Gasteiger partial charge in [0.05, 0.1) is 11.3 Å². The van der Waals surface area contributed by atoms with Crippen molar-refractivity contribution in [2.75, 3.05) is 16.0 Å². The van der Waals surface area contributed by atoms with E-state index >= 15 is 0 Å². The van der Waals surface area contributed by atoms with Gasteiger partial charge in [0.25, 0.3) is 5.91 Å². The monoisotopic (exact) mass is 421 g/mol. The molecule has 0 aromatic heterocycles. The minimum absolute atomic E-state index is 0.00251. The highest BCUT2D eigenvalue weighted by molar-refractivity contribution is 6.10. The van der Waals surface area contributed by atoms with Gasteiger partial charge in [0, 0.05) is 24.7 Å². The summed E-state index contributed by atoms with van der Waals surface area (Å²) >= 11 is 0. The van der Waals surface area contributed by atoms with Gasteiger partial charge in [0.15, 0.2) is 0 Å². The van der Waals surface area contributed by atoms with Gasteiger partial charge < -0.3 is 16.0 Å². The summed E-state index contributed by atoms with van der Waals surface area (Å²) in [7, 11) is 0. The molecule has 0 aliphatic heterocycles. The summed E-state index contributed by atoms with van der Waals surface area (Å²) in [6, 6.07) is 12.3. The fourth-order valence-electron chi connectivity index (χ4n) is 4.04. The molecule has 3 N–H and O–H groups in total. The first kappa shape index (κ1) is 22.5. The van der Waals surface area contributed by atoms with Crippen LogP contribution in [0.25, 0.3) is 0 Å². The average Bonchev–Trinajstić information content (AvgIpc) is 2.75. The number of rotatable bonds is 7. The van der Waals surface area contributed by atoms with E-state index < -0.39 is 0 Å². The summed E-state index contributed by atoms with van der Waals surface area (Å²) < 4.78 is 0. The Kier molecular flexibility index (Phi) is 7.82. The summed E-state index contributed by atoms with van der Waals surface area (Å²) in [5, 5.41) is 8.52. The maximum absolute atomic E-state index is 12.8. The number of nitrogens with one attached hydrogen (secondary N) is 3. The molecule has 31 heavy (non-hydrogen) atoms. The maximum atomic E-state index is 12.8. The number of hydrogen-bond donors (Lipinski definition) is 3. The molecule has 6 nitrogen and oxygen atoms in total. The van der Waals surface area contributed by atoms with Gasteiger partial charge in [-0.2, -0.15) is 0 Å². The lowest BCUT2D eigenvalue weighted by atomic mass is 9.86. The summed E-state index contributed by atoms with van der Waals surface area (Å²) in [6.07, 6.45) is 7.78. The van der Waals surface area contributed by atoms with Crippen molar-refractivity contribution in [2.24, 2.45) is 5.92 Å². The zero-order chi connectivity index (χ0) is 22.2. The normalized spacial score (nSPS) is 14.0. The molecule has 3 rings (SSSR count). The molecule has 0 bridgehead atoms. The van der Waals surface area contributed by atoms with E-state index in [9.17, 15) is 14.4 Å². The van der Waals surface area contributed by atoms with Crippen molar-refractivity contribution in [3.63, 3.8) is 0 Å². The lowest BCUT2D eigenvalue weighted by Crippen LogP contribution is -2.18. The highest BCUT2D eigenvalue weighted by atomic mass is 16.2. The molecule has 0 saturated heterocycles. The molecule has 3 amide bonds. The van der Waals surface area contributed by atoms with E-state index in [1.165, 1.54) is 39.0 Å². The minimum Gasteiger partial charge on any atom is -0.326 e. The second-order valence-corrected chi connectivity index (χ2v) is 8.30. The molecular formula is C25H31N3O3. The molecule has 0 heterocycles. The zero-order valence-corrected chi connectivity index (χ0v) is 18.3. The van der Waals surface area contributed by atoms with Crippen molar-refractivity contribution in [1.82, 2.24) is 0 Å². The quantitative estimate of drug-likeness (QED) is 0.551. The lowest BCUT2D eigenvalue weighted by Gasteiger charge is -2.21. The van der Waals surface area contributed by atoms with Crippen LogP contribution in [-0.2, 0) is 9.59 Å². The standard InChI is InChI=1S/C25H31N3O3/c1-17-12-14-20(27-24(30)15-13-19-8-4-3-5-9-19)16-23(17)28-25(31)21-10-6-7-11-22(21)26-18(2)29/h6-7,10-12,14,16,19H,3-5,8-9,13,15H2,1-2H3,(H,26,29)(H,27,30)(H,28,31). The van der Waals surface area contributed by atoms with Gasteiger partial charge in [-0.15, -0.1) is 0 Å². The smallest absolute Gasteiger partial charge is 0.257 e. The van der Waals surface area contributed by atoms with Crippen LogP contribution < -0.4 is 16.0 Å². The van der Waals surface area contributed by atoms with Crippen LogP contribution in [0.3, 0.4) is 0 Å². The topological polar surface area (TPSA) is 87.3 Å². The van der Waals surface area contributed by atoms with Crippen LogP contribution in [-0.4, -0.2) is 17.7 Å². The van der Waals surface area contributed by atoms with Crippen molar-refractivity contribution in [3.05, 3.63) is 53.6 Å². The van der Waals surface area contributed by atoms with Gasteiger partial charge in [0.1, 0.15) is 0 Å². The van der Waals surface area contributed by atoms with Gasteiger partial charge >= 0.3 is 0 Å². The summed E-state index contributed by atoms with van der Waals surface area (Å²) in [5.41, 5.74) is 2.99. The number of amides is 3. The highest BCUT2D eigenvalue weighted by Crippen LogP contribution is 2.28. The van der Waals surface area contributed by atoms with Gasteiger partial charge in [-0.3, -0.25) is 14.4 Å². The number of aryl methyl sites for hydroxylation is 1. The molecule has 0 atom stereocenters. The summed E-state index contributed by atoms with van der Waals surface area (Å²) in [4.78, 5) is 36.7. The third-order valence-corrected chi connectivity index (χ3v) is 5.76. The molecule has 2 aromatic carbocycles. The van der Waals surface area contributed by atoms with Crippen LogP contribution in [0, 0.1) is 12.8 Å². The second-order valence-electron chi connectivity index (χ2n) is 8.30.